The number of rotatable bonds is 3. The Bertz CT molecular complexity index is 320. The fourth-order valence-electron chi connectivity index (χ4n) is 1.46. The largest absolute Gasteiger partial charge is 0.496 e. The summed E-state index contributed by atoms with van der Waals surface area (Å²) in [6.45, 7) is 6.45. The first-order chi connectivity index (χ1) is 6.60. The van der Waals surface area contributed by atoms with Crippen LogP contribution in [0.4, 0.5) is 0 Å². The fourth-order valence-corrected chi connectivity index (χ4v) is 1.81. The van der Waals surface area contributed by atoms with Crippen molar-refractivity contribution in [2.45, 2.75) is 26.7 Å². The summed E-state index contributed by atoms with van der Waals surface area (Å²) >= 11 is 3.50. The van der Waals surface area contributed by atoms with Crippen LogP contribution in [-0.4, -0.2) is 12.4 Å². The molecule has 1 nitrogen and oxygen atoms in total. The molecule has 0 amide bonds. The minimum Gasteiger partial charge on any atom is -0.496 e. The SMILES string of the molecule is COc1cc(C)c(C)cc1C(C)CBr. The molecule has 14 heavy (non-hydrogen) atoms. The van der Waals surface area contributed by atoms with Crippen LogP contribution in [0, 0.1) is 13.8 Å². The molecule has 0 aromatic heterocycles. The van der Waals surface area contributed by atoms with Crippen molar-refractivity contribution in [3.8, 4) is 5.75 Å². The number of aryl methyl sites for hydroxylation is 2. The Morgan fingerprint density at radius 2 is 1.86 bits per heavy atom. The number of hydrogen-bond acceptors (Lipinski definition) is 1. The minimum atomic E-state index is 0.490. The van der Waals surface area contributed by atoms with Crippen LogP contribution < -0.4 is 4.74 Å². The van der Waals surface area contributed by atoms with Crippen molar-refractivity contribution >= 4 is 15.9 Å². The lowest BCUT2D eigenvalue weighted by molar-refractivity contribution is 0.407. The van der Waals surface area contributed by atoms with Crippen molar-refractivity contribution in [3.05, 3.63) is 28.8 Å². The Hall–Kier alpha value is -0.500. The number of halogens is 1. The van der Waals surface area contributed by atoms with Crippen molar-refractivity contribution in [2.75, 3.05) is 12.4 Å². The Kier molecular flexibility index (Phi) is 3.99. The fraction of sp³-hybridized carbons (Fsp3) is 0.500. The number of benzene rings is 1. The molecule has 0 saturated heterocycles. The van der Waals surface area contributed by atoms with Gasteiger partial charge in [0.1, 0.15) is 5.75 Å². The van der Waals surface area contributed by atoms with Gasteiger partial charge in [-0.2, -0.15) is 0 Å². The summed E-state index contributed by atoms with van der Waals surface area (Å²) in [7, 11) is 1.73. The summed E-state index contributed by atoms with van der Waals surface area (Å²) < 4.78 is 5.38. The van der Waals surface area contributed by atoms with Crippen LogP contribution in [0.25, 0.3) is 0 Å². The normalized spacial score (nSPS) is 12.6. The molecule has 1 atom stereocenters. The summed E-state index contributed by atoms with van der Waals surface area (Å²) in [4.78, 5) is 0. The predicted molar refractivity (Wildman–Crippen MR) is 64.7 cm³/mol. The molecule has 78 valence electrons. The molecule has 0 spiro atoms. The summed E-state index contributed by atoms with van der Waals surface area (Å²) in [6.07, 6.45) is 0. The third kappa shape index (κ3) is 2.30. The number of hydrogen-bond donors (Lipinski definition) is 0. The van der Waals surface area contributed by atoms with Crippen molar-refractivity contribution in [1.29, 1.82) is 0 Å². The van der Waals surface area contributed by atoms with E-state index < -0.39 is 0 Å². The third-order valence-electron chi connectivity index (χ3n) is 2.61. The van der Waals surface area contributed by atoms with Gasteiger partial charge < -0.3 is 4.74 Å². The van der Waals surface area contributed by atoms with Crippen LogP contribution in [0.15, 0.2) is 12.1 Å². The molecule has 0 heterocycles. The average Bonchev–Trinajstić information content (AvgIpc) is 2.20. The van der Waals surface area contributed by atoms with E-state index in [1.54, 1.807) is 7.11 Å². The second-order valence-corrected chi connectivity index (χ2v) is 4.38. The van der Waals surface area contributed by atoms with E-state index in [2.05, 4.69) is 48.8 Å². The molecular weight excluding hydrogens is 240 g/mol. The van der Waals surface area contributed by atoms with E-state index in [0.717, 1.165) is 11.1 Å². The zero-order valence-electron chi connectivity index (χ0n) is 9.23. The van der Waals surface area contributed by atoms with Gasteiger partial charge in [-0.05, 0) is 42.5 Å². The topological polar surface area (TPSA) is 9.23 Å². The highest BCUT2D eigenvalue weighted by Gasteiger charge is 2.11. The molecule has 0 radical (unpaired) electrons. The Morgan fingerprint density at radius 3 is 2.36 bits per heavy atom. The molecule has 0 aliphatic rings. The smallest absolute Gasteiger partial charge is 0.122 e. The number of alkyl halides is 1. The number of methoxy groups -OCH3 is 1. The minimum absolute atomic E-state index is 0.490. The van der Waals surface area contributed by atoms with E-state index in [1.807, 2.05) is 0 Å². The number of ether oxygens (including phenoxy) is 1. The highest BCUT2D eigenvalue weighted by atomic mass is 79.9. The highest BCUT2D eigenvalue weighted by Crippen LogP contribution is 2.30. The van der Waals surface area contributed by atoms with Crippen LogP contribution >= 0.6 is 15.9 Å². The second-order valence-electron chi connectivity index (χ2n) is 3.73. The second kappa shape index (κ2) is 4.83. The molecule has 0 aliphatic heterocycles. The maximum Gasteiger partial charge on any atom is 0.122 e. The van der Waals surface area contributed by atoms with Gasteiger partial charge in [0.15, 0.2) is 0 Å². The Morgan fingerprint density at radius 1 is 1.29 bits per heavy atom. The van der Waals surface area contributed by atoms with Crippen molar-refractivity contribution < 1.29 is 4.74 Å². The zero-order valence-corrected chi connectivity index (χ0v) is 10.8. The maximum absolute atomic E-state index is 5.38. The first kappa shape index (κ1) is 11.6. The molecule has 2 heteroatoms. The average molecular weight is 257 g/mol. The van der Waals surface area contributed by atoms with E-state index in [1.165, 1.54) is 16.7 Å². The van der Waals surface area contributed by atoms with Gasteiger partial charge in [0, 0.05) is 5.33 Å². The van der Waals surface area contributed by atoms with Gasteiger partial charge in [0.25, 0.3) is 0 Å². The predicted octanol–water partition coefficient (Wildman–Crippen LogP) is 3.81. The van der Waals surface area contributed by atoms with Gasteiger partial charge in [-0.3, -0.25) is 0 Å². The van der Waals surface area contributed by atoms with Crippen LogP contribution in [0.2, 0.25) is 0 Å². The maximum atomic E-state index is 5.38. The first-order valence-corrected chi connectivity index (χ1v) is 5.93. The molecule has 0 fully saturated rings. The highest BCUT2D eigenvalue weighted by molar-refractivity contribution is 9.09. The van der Waals surface area contributed by atoms with Gasteiger partial charge in [-0.25, -0.2) is 0 Å². The summed E-state index contributed by atoms with van der Waals surface area (Å²) in [5.74, 6) is 1.49. The van der Waals surface area contributed by atoms with Crippen LogP contribution in [0.5, 0.6) is 5.75 Å². The molecule has 1 aromatic rings. The third-order valence-corrected chi connectivity index (χ3v) is 3.58. The summed E-state index contributed by atoms with van der Waals surface area (Å²) in [5.41, 5.74) is 3.90. The van der Waals surface area contributed by atoms with E-state index in [0.29, 0.717) is 5.92 Å². The van der Waals surface area contributed by atoms with Gasteiger partial charge in [0.05, 0.1) is 7.11 Å². The van der Waals surface area contributed by atoms with Gasteiger partial charge in [-0.1, -0.05) is 28.9 Å². The van der Waals surface area contributed by atoms with Crippen molar-refractivity contribution in [1.82, 2.24) is 0 Å². The van der Waals surface area contributed by atoms with Gasteiger partial charge >= 0.3 is 0 Å². The lowest BCUT2D eigenvalue weighted by Gasteiger charge is -2.15. The zero-order chi connectivity index (χ0) is 10.7. The standard InChI is InChI=1S/C12H17BrO/c1-8-5-11(10(3)7-13)12(14-4)6-9(8)2/h5-6,10H,7H2,1-4H3. The molecule has 1 aromatic carbocycles. The van der Waals surface area contributed by atoms with Crippen LogP contribution in [0.1, 0.15) is 29.5 Å². The molecule has 1 rings (SSSR count). The quantitative estimate of drug-likeness (QED) is 0.748. The first-order valence-electron chi connectivity index (χ1n) is 4.81. The summed E-state index contributed by atoms with van der Waals surface area (Å²) in [5, 5.41) is 0.964. The molecule has 1 unspecified atom stereocenters. The Labute approximate surface area is 94.6 Å². The van der Waals surface area contributed by atoms with E-state index in [-0.39, 0.29) is 0 Å². The molecular formula is C12H17BrO. The molecule has 0 saturated carbocycles. The van der Waals surface area contributed by atoms with E-state index in [9.17, 15) is 0 Å². The Balaban J connectivity index is 3.19. The summed E-state index contributed by atoms with van der Waals surface area (Å²) in [6, 6.07) is 4.34. The van der Waals surface area contributed by atoms with Crippen molar-refractivity contribution in [2.24, 2.45) is 0 Å². The van der Waals surface area contributed by atoms with Gasteiger partial charge in [0.2, 0.25) is 0 Å². The van der Waals surface area contributed by atoms with Crippen molar-refractivity contribution in [3.63, 3.8) is 0 Å². The van der Waals surface area contributed by atoms with Crippen LogP contribution in [-0.2, 0) is 0 Å². The van der Waals surface area contributed by atoms with E-state index in [4.69, 9.17) is 4.74 Å². The lowest BCUT2D eigenvalue weighted by atomic mass is 9.97. The van der Waals surface area contributed by atoms with E-state index >= 15 is 0 Å². The monoisotopic (exact) mass is 256 g/mol. The van der Waals surface area contributed by atoms with Crippen LogP contribution in [0.3, 0.4) is 0 Å². The lowest BCUT2D eigenvalue weighted by Crippen LogP contribution is -2.00. The van der Waals surface area contributed by atoms with Gasteiger partial charge in [-0.15, -0.1) is 0 Å². The molecule has 0 N–H and O–H groups in total. The molecule has 0 aliphatic carbocycles. The molecule has 0 bridgehead atoms.